The zero-order chi connectivity index (χ0) is 28.3. The molecule has 0 saturated heterocycles. The van der Waals surface area contributed by atoms with Crippen molar-refractivity contribution in [1.82, 2.24) is 0 Å². The summed E-state index contributed by atoms with van der Waals surface area (Å²) in [5.41, 5.74) is 1.06. The Kier molecular flexibility index (Phi) is 35.0. The predicted molar refractivity (Wildman–Crippen MR) is 178 cm³/mol. The summed E-state index contributed by atoms with van der Waals surface area (Å²) < 4.78 is 0. The first-order valence-electron chi connectivity index (χ1n) is 18.6. The summed E-state index contributed by atoms with van der Waals surface area (Å²) in [6.45, 7) is 4.59. The van der Waals surface area contributed by atoms with Gasteiger partial charge in [0.05, 0.1) is 0 Å². The molecule has 232 valence electrons. The maximum atomic E-state index is 11.3. The van der Waals surface area contributed by atoms with Crippen molar-refractivity contribution in [2.45, 2.75) is 232 Å². The van der Waals surface area contributed by atoms with Gasteiger partial charge >= 0.3 is 0 Å². The molecule has 0 saturated carbocycles. The van der Waals surface area contributed by atoms with Gasteiger partial charge < -0.3 is 0 Å². The largest absolute Gasteiger partial charge is 0.234 e. The van der Waals surface area contributed by atoms with E-state index < -0.39 is 0 Å². The second-order valence-electron chi connectivity index (χ2n) is 12.8. The molecule has 0 unspecified atom stereocenters. The number of hydrogen-bond donors (Lipinski definition) is 0. The Morgan fingerprint density at radius 2 is 0.487 bits per heavy atom. The SMILES string of the molecule is CCCCCCCCCCCCCCCCCCC(=C=O)CCCCCCCCCCCCCCCCCC. The number of unbranched alkanes of at least 4 members (excludes halogenated alkanes) is 30. The van der Waals surface area contributed by atoms with Crippen LogP contribution >= 0.6 is 0 Å². The van der Waals surface area contributed by atoms with Crippen molar-refractivity contribution in [2.75, 3.05) is 0 Å². The average molecular weight is 547 g/mol. The van der Waals surface area contributed by atoms with E-state index in [2.05, 4.69) is 19.8 Å². The van der Waals surface area contributed by atoms with E-state index in [1.54, 1.807) is 0 Å². The maximum absolute atomic E-state index is 11.3. The van der Waals surface area contributed by atoms with Gasteiger partial charge in [-0.05, 0) is 25.7 Å². The second kappa shape index (κ2) is 35.5. The summed E-state index contributed by atoms with van der Waals surface area (Å²) >= 11 is 0. The minimum absolute atomic E-state index is 1.00. The first kappa shape index (κ1) is 38.5. The molecule has 0 rings (SSSR count). The van der Waals surface area contributed by atoms with Gasteiger partial charge in [0.1, 0.15) is 5.94 Å². The Labute approximate surface area is 248 Å². The topological polar surface area (TPSA) is 17.1 Å². The third-order valence-electron chi connectivity index (χ3n) is 8.81. The van der Waals surface area contributed by atoms with E-state index in [0.717, 1.165) is 18.4 Å². The molecular weight excluding hydrogens is 472 g/mol. The van der Waals surface area contributed by atoms with Crippen molar-refractivity contribution in [1.29, 1.82) is 0 Å². The molecule has 0 bridgehead atoms. The molecule has 0 atom stereocenters. The van der Waals surface area contributed by atoms with Gasteiger partial charge in [0.25, 0.3) is 0 Å². The van der Waals surface area contributed by atoms with Crippen molar-refractivity contribution < 1.29 is 4.79 Å². The van der Waals surface area contributed by atoms with E-state index in [1.807, 2.05) is 0 Å². The molecule has 0 aromatic carbocycles. The van der Waals surface area contributed by atoms with Gasteiger partial charge in [-0.25, -0.2) is 4.79 Å². The fraction of sp³-hybridized carbons (Fsp3) is 0.947. The molecular formula is C38H74O. The van der Waals surface area contributed by atoms with Gasteiger partial charge in [-0.3, -0.25) is 0 Å². The molecule has 0 fully saturated rings. The van der Waals surface area contributed by atoms with Crippen molar-refractivity contribution >= 4 is 5.94 Å². The summed E-state index contributed by atoms with van der Waals surface area (Å²) in [5, 5.41) is 0. The fourth-order valence-corrected chi connectivity index (χ4v) is 6.00. The van der Waals surface area contributed by atoms with Crippen LogP contribution in [0.3, 0.4) is 0 Å². The number of rotatable bonds is 34. The van der Waals surface area contributed by atoms with E-state index in [9.17, 15) is 4.79 Å². The standard InChI is InChI=1S/C38H74O/c1-3-5-7-9-11-13-15-17-19-21-23-25-27-29-31-33-35-38(37-39)36-34-32-30-28-26-24-22-20-18-16-14-12-10-8-6-4-2/h3-36H2,1-2H3. The van der Waals surface area contributed by atoms with Crippen LogP contribution in [-0.2, 0) is 4.79 Å². The summed E-state index contributed by atoms with van der Waals surface area (Å²) in [4.78, 5) is 11.3. The maximum Gasteiger partial charge on any atom is 0.123 e. The zero-order valence-corrected chi connectivity index (χ0v) is 27.4. The van der Waals surface area contributed by atoms with E-state index in [4.69, 9.17) is 0 Å². The van der Waals surface area contributed by atoms with Crippen molar-refractivity contribution in [3.8, 4) is 0 Å². The molecule has 0 aliphatic heterocycles. The zero-order valence-electron chi connectivity index (χ0n) is 27.4. The van der Waals surface area contributed by atoms with Gasteiger partial charge in [0, 0.05) is 5.57 Å². The number of allylic oxidation sites excluding steroid dienone is 1. The average Bonchev–Trinajstić information content (AvgIpc) is 2.95. The predicted octanol–water partition coefficient (Wildman–Crippen LogP) is 14.0. The third kappa shape index (κ3) is 33.6. The summed E-state index contributed by atoms with van der Waals surface area (Å²) in [6.07, 6.45) is 46.9. The lowest BCUT2D eigenvalue weighted by Crippen LogP contribution is -1.89. The van der Waals surface area contributed by atoms with Gasteiger partial charge in [0.15, 0.2) is 0 Å². The molecule has 0 N–H and O–H groups in total. The second-order valence-corrected chi connectivity index (χ2v) is 12.8. The van der Waals surface area contributed by atoms with Crippen LogP contribution in [0.5, 0.6) is 0 Å². The Balaban J connectivity index is 3.27. The molecule has 1 heteroatoms. The first-order chi connectivity index (χ1) is 19.3. The quantitative estimate of drug-likeness (QED) is 0.0579. The molecule has 0 aliphatic carbocycles. The Bertz CT molecular complexity index is 451. The Morgan fingerprint density at radius 1 is 0.308 bits per heavy atom. The lowest BCUT2D eigenvalue weighted by molar-refractivity contribution is 0.525. The summed E-state index contributed by atoms with van der Waals surface area (Å²) in [5.74, 6) is 2.27. The highest BCUT2D eigenvalue weighted by Gasteiger charge is 2.01. The monoisotopic (exact) mass is 547 g/mol. The van der Waals surface area contributed by atoms with E-state index in [0.29, 0.717) is 0 Å². The van der Waals surface area contributed by atoms with Crippen LogP contribution in [0.4, 0.5) is 0 Å². The van der Waals surface area contributed by atoms with Crippen molar-refractivity contribution in [2.24, 2.45) is 0 Å². The molecule has 0 aliphatic rings. The van der Waals surface area contributed by atoms with Crippen LogP contribution in [0, 0.1) is 0 Å². The van der Waals surface area contributed by atoms with Crippen molar-refractivity contribution in [3.05, 3.63) is 5.57 Å². The van der Waals surface area contributed by atoms with Crippen LogP contribution in [0.1, 0.15) is 232 Å². The van der Waals surface area contributed by atoms with Gasteiger partial charge in [-0.15, -0.1) is 0 Å². The highest BCUT2D eigenvalue weighted by Crippen LogP contribution is 2.18. The molecule has 0 aromatic heterocycles. The highest BCUT2D eigenvalue weighted by atomic mass is 16.1. The normalized spacial score (nSPS) is 11.2. The first-order valence-corrected chi connectivity index (χ1v) is 18.6. The van der Waals surface area contributed by atoms with Crippen LogP contribution in [0.25, 0.3) is 0 Å². The summed E-state index contributed by atoms with van der Waals surface area (Å²) in [6, 6.07) is 0. The Hall–Kier alpha value is -0.550. The van der Waals surface area contributed by atoms with Gasteiger partial charge in [0.2, 0.25) is 0 Å². The highest BCUT2D eigenvalue weighted by molar-refractivity contribution is 5.52. The minimum Gasteiger partial charge on any atom is -0.234 e. The molecule has 0 aromatic rings. The lowest BCUT2D eigenvalue weighted by atomic mass is 10.00. The smallest absolute Gasteiger partial charge is 0.123 e. The van der Waals surface area contributed by atoms with E-state index >= 15 is 0 Å². The van der Waals surface area contributed by atoms with Crippen LogP contribution < -0.4 is 0 Å². The molecule has 0 amide bonds. The van der Waals surface area contributed by atoms with Crippen LogP contribution in [0.2, 0.25) is 0 Å². The van der Waals surface area contributed by atoms with Crippen LogP contribution in [-0.4, -0.2) is 5.94 Å². The van der Waals surface area contributed by atoms with E-state index in [1.165, 1.54) is 205 Å². The summed E-state index contributed by atoms with van der Waals surface area (Å²) in [7, 11) is 0. The minimum atomic E-state index is 1.00. The van der Waals surface area contributed by atoms with Crippen LogP contribution in [0.15, 0.2) is 5.57 Å². The molecule has 1 nitrogen and oxygen atoms in total. The van der Waals surface area contributed by atoms with Crippen molar-refractivity contribution in [3.63, 3.8) is 0 Å². The van der Waals surface area contributed by atoms with Gasteiger partial charge in [-0.1, -0.05) is 206 Å². The fourth-order valence-electron chi connectivity index (χ4n) is 6.00. The molecule has 0 spiro atoms. The Morgan fingerprint density at radius 3 is 0.667 bits per heavy atom. The number of carbonyl (C=O) groups excluding carboxylic acids is 1. The molecule has 39 heavy (non-hydrogen) atoms. The molecule has 0 heterocycles. The lowest BCUT2D eigenvalue weighted by Gasteiger charge is -2.05. The molecule has 0 radical (unpaired) electrons. The third-order valence-corrected chi connectivity index (χ3v) is 8.81. The van der Waals surface area contributed by atoms with E-state index in [-0.39, 0.29) is 0 Å². The number of hydrogen-bond acceptors (Lipinski definition) is 1. The van der Waals surface area contributed by atoms with Gasteiger partial charge in [-0.2, -0.15) is 0 Å².